The number of fused-ring (bicyclic) bond motifs is 2. The van der Waals surface area contributed by atoms with Gasteiger partial charge in [-0.1, -0.05) is 24.3 Å². The second-order valence-corrected chi connectivity index (χ2v) is 8.13. The SMILES string of the molecule is c1ccc(N2CCc3c(ncn3C3CCCCO3)C2c2cc3ccccn3n2)cc1. The van der Waals surface area contributed by atoms with Gasteiger partial charge in [-0.3, -0.25) is 0 Å². The molecule has 0 amide bonds. The number of benzene rings is 1. The molecule has 2 aliphatic heterocycles. The summed E-state index contributed by atoms with van der Waals surface area (Å²) in [5.74, 6) is 0. The largest absolute Gasteiger partial charge is 0.358 e. The molecule has 30 heavy (non-hydrogen) atoms. The highest BCUT2D eigenvalue weighted by Crippen LogP contribution is 2.39. The van der Waals surface area contributed by atoms with Crippen LogP contribution in [0, 0.1) is 0 Å². The lowest BCUT2D eigenvalue weighted by molar-refractivity contribution is -0.0336. The first-order chi connectivity index (χ1) is 14.9. The van der Waals surface area contributed by atoms with E-state index in [4.69, 9.17) is 14.8 Å². The fourth-order valence-corrected chi connectivity index (χ4v) is 4.87. The lowest BCUT2D eigenvalue weighted by Gasteiger charge is -2.37. The third kappa shape index (κ3) is 2.91. The first-order valence-electron chi connectivity index (χ1n) is 10.8. The third-order valence-electron chi connectivity index (χ3n) is 6.31. The van der Waals surface area contributed by atoms with Crippen molar-refractivity contribution in [3.8, 4) is 0 Å². The Balaban J connectivity index is 1.47. The maximum Gasteiger partial charge on any atom is 0.135 e. The Hall–Kier alpha value is -3.12. The fourth-order valence-electron chi connectivity index (χ4n) is 4.87. The maximum atomic E-state index is 6.08. The molecule has 1 aromatic carbocycles. The minimum absolute atomic E-state index is 0.0131. The Bertz CT molecular complexity index is 1130. The predicted octanol–water partition coefficient (Wildman–Crippen LogP) is 4.38. The van der Waals surface area contributed by atoms with Gasteiger partial charge in [0.15, 0.2) is 0 Å². The van der Waals surface area contributed by atoms with Crippen LogP contribution < -0.4 is 4.90 Å². The van der Waals surface area contributed by atoms with E-state index in [0.717, 1.165) is 49.3 Å². The van der Waals surface area contributed by atoms with Crippen molar-refractivity contribution in [3.05, 3.63) is 84.2 Å². The van der Waals surface area contributed by atoms with Gasteiger partial charge in [0.1, 0.15) is 12.3 Å². The maximum absolute atomic E-state index is 6.08. The van der Waals surface area contributed by atoms with E-state index in [9.17, 15) is 0 Å². The van der Waals surface area contributed by atoms with Crippen molar-refractivity contribution in [2.75, 3.05) is 18.1 Å². The van der Waals surface area contributed by atoms with Gasteiger partial charge in [0, 0.05) is 37.2 Å². The van der Waals surface area contributed by atoms with E-state index in [0.29, 0.717) is 0 Å². The van der Waals surface area contributed by atoms with E-state index in [-0.39, 0.29) is 12.3 Å². The summed E-state index contributed by atoms with van der Waals surface area (Å²) in [7, 11) is 0. The van der Waals surface area contributed by atoms with Gasteiger partial charge in [0.25, 0.3) is 0 Å². The van der Waals surface area contributed by atoms with Gasteiger partial charge in [0.05, 0.1) is 23.2 Å². The van der Waals surface area contributed by atoms with Crippen molar-refractivity contribution in [1.29, 1.82) is 0 Å². The lowest BCUT2D eigenvalue weighted by atomic mass is 9.98. The topological polar surface area (TPSA) is 47.6 Å². The van der Waals surface area contributed by atoms with Gasteiger partial charge in [-0.25, -0.2) is 9.50 Å². The van der Waals surface area contributed by atoms with Gasteiger partial charge in [-0.05, 0) is 49.6 Å². The molecule has 0 spiro atoms. The van der Waals surface area contributed by atoms with Crippen molar-refractivity contribution in [1.82, 2.24) is 19.2 Å². The number of aromatic nitrogens is 4. The molecule has 0 bridgehead atoms. The van der Waals surface area contributed by atoms with Crippen molar-refractivity contribution >= 4 is 11.2 Å². The zero-order valence-electron chi connectivity index (χ0n) is 16.9. The molecule has 0 saturated carbocycles. The van der Waals surface area contributed by atoms with Crippen LogP contribution in [0.1, 0.15) is 48.6 Å². The molecule has 1 saturated heterocycles. The highest BCUT2D eigenvalue weighted by atomic mass is 16.5. The highest BCUT2D eigenvalue weighted by molar-refractivity contribution is 5.56. The molecule has 2 atom stereocenters. The van der Waals surface area contributed by atoms with Crippen LogP contribution in [0.3, 0.4) is 0 Å². The summed E-state index contributed by atoms with van der Waals surface area (Å²) < 4.78 is 10.3. The Kier molecular flexibility index (Phi) is 4.30. The molecule has 3 aromatic heterocycles. The van der Waals surface area contributed by atoms with Crippen LogP contribution in [0.4, 0.5) is 5.69 Å². The number of ether oxygens (including phenoxy) is 1. The Labute approximate surface area is 175 Å². The molecule has 0 aliphatic carbocycles. The zero-order valence-corrected chi connectivity index (χ0v) is 16.9. The van der Waals surface area contributed by atoms with E-state index in [1.165, 1.54) is 17.8 Å². The average molecular weight is 399 g/mol. The second-order valence-electron chi connectivity index (χ2n) is 8.13. The van der Waals surface area contributed by atoms with E-state index in [1.54, 1.807) is 0 Å². The van der Waals surface area contributed by atoms with Crippen LogP contribution in [0.2, 0.25) is 0 Å². The molecule has 4 aromatic rings. The summed E-state index contributed by atoms with van der Waals surface area (Å²) >= 11 is 0. The van der Waals surface area contributed by atoms with Gasteiger partial charge in [0.2, 0.25) is 0 Å². The number of imidazole rings is 1. The molecule has 2 aliphatic rings. The number of nitrogens with zero attached hydrogens (tertiary/aromatic N) is 5. The summed E-state index contributed by atoms with van der Waals surface area (Å²) in [4.78, 5) is 7.36. The third-order valence-corrected chi connectivity index (χ3v) is 6.31. The van der Waals surface area contributed by atoms with Gasteiger partial charge in [-0.15, -0.1) is 0 Å². The molecule has 0 N–H and O–H groups in total. The molecular formula is C24H25N5O. The Morgan fingerprint density at radius 3 is 2.73 bits per heavy atom. The van der Waals surface area contributed by atoms with Crippen LogP contribution in [-0.2, 0) is 11.2 Å². The summed E-state index contributed by atoms with van der Waals surface area (Å²) in [5.41, 5.74) is 5.72. The molecule has 5 heterocycles. The number of rotatable bonds is 3. The average Bonchev–Trinajstić information content (AvgIpc) is 3.44. The summed E-state index contributed by atoms with van der Waals surface area (Å²) in [5, 5.41) is 4.93. The molecule has 0 radical (unpaired) electrons. The molecule has 152 valence electrons. The van der Waals surface area contributed by atoms with E-state index < -0.39 is 0 Å². The minimum Gasteiger partial charge on any atom is -0.358 e. The van der Waals surface area contributed by atoms with Crippen LogP contribution >= 0.6 is 0 Å². The smallest absolute Gasteiger partial charge is 0.135 e. The van der Waals surface area contributed by atoms with Gasteiger partial charge in [-0.2, -0.15) is 5.10 Å². The quantitative estimate of drug-likeness (QED) is 0.513. The predicted molar refractivity (Wildman–Crippen MR) is 116 cm³/mol. The van der Waals surface area contributed by atoms with Crippen LogP contribution in [0.25, 0.3) is 5.52 Å². The standard InChI is InChI=1S/C24H25N5O/c1-2-8-18(9-3-1)27-14-12-21-23(25-17-28(21)22-11-5-7-15-30-22)24(27)20-16-19-10-4-6-13-29(19)26-20/h1-4,6,8-10,13,16-17,22,24H,5,7,11-12,14-15H2. The first kappa shape index (κ1) is 17.7. The summed E-state index contributed by atoms with van der Waals surface area (Å²) in [6.45, 7) is 1.76. The highest BCUT2D eigenvalue weighted by Gasteiger charge is 2.35. The fraction of sp³-hybridized carbons (Fsp3) is 0.333. The Morgan fingerprint density at radius 1 is 1.00 bits per heavy atom. The van der Waals surface area contributed by atoms with Crippen molar-refractivity contribution in [3.63, 3.8) is 0 Å². The van der Waals surface area contributed by atoms with E-state index in [2.05, 4.69) is 58.0 Å². The van der Waals surface area contributed by atoms with E-state index in [1.807, 2.05) is 23.1 Å². The number of anilines is 1. The van der Waals surface area contributed by atoms with E-state index >= 15 is 0 Å². The number of hydrogen-bond donors (Lipinski definition) is 0. The zero-order chi connectivity index (χ0) is 19.9. The van der Waals surface area contributed by atoms with Gasteiger partial charge < -0.3 is 14.2 Å². The minimum atomic E-state index is -0.0131. The normalized spacial score (nSPS) is 21.7. The first-order valence-corrected chi connectivity index (χ1v) is 10.8. The monoisotopic (exact) mass is 399 g/mol. The number of pyridine rings is 1. The Morgan fingerprint density at radius 2 is 1.90 bits per heavy atom. The molecular weight excluding hydrogens is 374 g/mol. The van der Waals surface area contributed by atoms with Crippen LogP contribution in [0.15, 0.2) is 67.1 Å². The van der Waals surface area contributed by atoms with Crippen molar-refractivity contribution in [2.24, 2.45) is 0 Å². The van der Waals surface area contributed by atoms with Crippen LogP contribution in [-0.4, -0.2) is 32.3 Å². The van der Waals surface area contributed by atoms with Crippen molar-refractivity contribution < 1.29 is 4.74 Å². The molecule has 6 rings (SSSR count). The molecule has 6 nitrogen and oxygen atoms in total. The molecule has 2 unspecified atom stereocenters. The number of hydrogen-bond acceptors (Lipinski definition) is 4. The summed E-state index contributed by atoms with van der Waals surface area (Å²) in [6, 6.07) is 18.9. The number of para-hydroxylation sites is 1. The van der Waals surface area contributed by atoms with Gasteiger partial charge >= 0.3 is 0 Å². The summed E-state index contributed by atoms with van der Waals surface area (Å²) in [6.07, 6.45) is 8.47. The van der Waals surface area contributed by atoms with Crippen molar-refractivity contribution in [2.45, 2.75) is 38.0 Å². The van der Waals surface area contributed by atoms with Crippen LogP contribution in [0.5, 0.6) is 0 Å². The lowest BCUT2D eigenvalue weighted by Crippen LogP contribution is -2.37. The second kappa shape index (κ2) is 7.29. The molecule has 1 fully saturated rings. The molecule has 6 heteroatoms.